The second-order valence-corrected chi connectivity index (χ2v) is 9.74. The van der Waals surface area contributed by atoms with Crippen molar-refractivity contribution in [2.45, 2.75) is 42.0 Å². The highest BCUT2D eigenvalue weighted by Crippen LogP contribution is 2.26. The number of aromatic nitrogens is 3. The maximum atomic E-state index is 12.2. The number of hydrogen-bond acceptors (Lipinski definition) is 6. The summed E-state index contributed by atoms with van der Waals surface area (Å²) in [6.45, 7) is 6.05. The van der Waals surface area contributed by atoms with Gasteiger partial charge in [-0.05, 0) is 17.7 Å². The van der Waals surface area contributed by atoms with Crippen LogP contribution in [0.3, 0.4) is 0 Å². The molecule has 132 valence electrons. The SMILES string of the molecule is CN(C)S(=O)(=O)c1cccc(CSc2nnc(C(C)(C)C)n2N)c1. The Bertz CT molecular complexity index is 823. The molecule has 0 radical (unpaired) electrons. The largest absolute Gasteiger partial charge is 0.336 e. The fourth-order valence-electron chi connectivity index (χ4n) is 2.04. The van der Waals surface area contributed by atoms with E-state index in [4.69, 9.17) is 5.84 Å². The maximum Gasteiger partial charge on any atom is 0.242 e. The Morgan fingerprint density at radius 3 is 2.46 bits per heavy atom. The minimum atomic E-state index is -3.44. The van der Waals surface area contributed by atoms with E-state index in [1.807, 2.05) is 26.8 Å². The number of benzene rings is 1. The molecule has 0 bridgehead atoms. The van der Waals surface area contributed by atoms with E-state index in [1.165, 1.54) is 34.8 Å². The normalized spacial score (nSPS) is 12.8. The monoisotopic (exact) mass is 369 g/mol. The number of hydrogen-bond donors (Lipinski definition) is 1. The van der Waals surface area contributed by atoms with Crippen LogP contribution in [0.5, 0.6) is 0 Å². The number of rotatable bonds is 5. The van der Waals surface area contributed by atoms with Crippen LogP contribution in [-0.4, -0.2) is 41.7 Å². The number of nitrogen functional groups attached to an aromatic ring is 1. The highest BCUT2D eigenvalue weighted by Gasteiger charge is 2.23. The second kappa shape index (κ2) is 6.73. The van der Waals surface area contributed by atoms with Gasteiger partial charge in [0.1, 0.15) is 0 Å². The van der Waals surface area contributed by atoms with Crippen molar-refractivity contribution in [1.82, 2.24) is 19.2 Å². The molecule has 1 aromatic heterocycles. The van der Waals surface area contributed by atoms with E-state index in [2.05, 4.69) is 10.2 Å². The van der Waals surface area contributed by atoms with E-state index in [1.54, 1.807) is 18.2 Å². The first-order valence-corrected chi connectivity index (χ1v) is 9.81. The van der Waals surface area contributed by atoms with E-state index in [0.29, 0.717) is 16.7 Å². The topological polar surface area (TPSA) is 94.1 Å². The summed E-state index contributed by atoms with van der Waals surface area (Å²) in [5.74, 6) is 7.32. The predicted octanol–water partition coefficient (Wildman–Crippen LogP) is 1.83. The molecule has 0 atom stereocenters. The Morgan fingerprint density at radius 2 is 1.92 bits per heavy atom. The number of thioether (sulfide) groups is 1. The molecule has 1 aromatic carbocycles. The Morgan fingerprint density at radius 1 is 1.25 bits per heavy atom. The summed E-state index contributed by atoms with van der Waals surface area (Å²) in [5.41, 5.74) is 0.684. The molecule has 0 fully saturated rings. The van der Waals surface area contributed by atoms with Crippen LogP contribution in [0.2, 0.25) is 0 Å². The Kier molecular flexibility index (Phi) is 5.26. The molecule has 0 amide bonds. The molecular weight excluding hydrogens is 346 g/mol. The van der Waals surface area contributed by atoms with Crippen molar-refractivity contribution < 1.29 is 8.42 Å². The van der Waals surface area contributed by atoms with Crippen molar-refractivity contribution in [2.75, 3.05) is 19.9 Å². The molecule has 0 spiro atoms. The second-order valence-electron chi connectivity index (χ2n) is 6.65. The smallest absolute Gasteiger partial charge is 0.242 e. The molecule has 24 heavy (non-hydrogen) atoms. The third-order valence-electron chi connectivity index (χ3n) is 3.38. The molecule has 0 saturated heterocycles. The van der Waals surface area contributed by atoms with Crippen LogP contribution in [0.25, 0.3) is 0 Å². The van der Waals surface area contributed by atoms with Gasteiger partial charge in [0.05, 0.1) is 4.90 Å². The zero-order valence-corrected chi connectivity index (χ0v) is 16.1. The van der Waals surface area contributed by atoms with Crippen LogP contribution in [0.4, 0.5) is 0 Å². The molecule has 7 nitrogen and oxygen atoms in total. The summed E-state index contributed by atoms with van der Waals surface area (Å²) in [6, 6.07) is 6.88. The Hall–Kier alpha value is -1.58. The fourth-order valence-corrected chi connectivity index (χ4v) is 3.81. The van der Waals surface area contributed by atoms with Gasteiger partial charge in [-0.3, -0.25) is 0 Å². The minimum absolute atomic E-state index is 0.194. The van der Waals surface area contributed by atoms with Gasteiger partial charge in [0.15, 0.2) is 5.82 Å². The van der Waals surface area contributed by atoms with E-state index < -0.39 is 10.0 Å². The third kappa shape index (κ3) is 3.90. The predicted molar refractivity (Wildman–Crippen MR) is 95.7 cm³/mol. The van der Waals surface area contributed by atoms with E-state index in [-0.39, 0.29) is 10.3 Å². The quantitative estimate of drug-likeness (QED) is 0.638. The average Bonchev–Trinajstić information content (AvgIpc) is 2.86. The van der Waals surface area contributed by atoms with E-state index in [0.717, 1.165) is 5.56 Å². The summed E-state index contributed by atoms with van der Waals surface area (Å²) in [5, 5.41) is 8.86. The van der Waals surface area contributed by atoms with Crippen molar-refractivity contribution >= 4 is 21.8 Å². The standard InChI is InChI=1S/C15H23N5O2S2/c1-15(2,3)13-17-18-14(20(13)16)23-10-11-7-6-8-12(9-11)24(21,22)19(4)5/h6-9H,10,16H2,1-5H3. The molecule has 1 heterocycles. The lowest BCUT2D eigenvalue weighted by Crippen LogP contribution is -2.24. The Labute approximate surface area is 147 Å². The fraction of sp³-hybridized carbons (Fsp3) is 0.467. The first-order chi connectivity index (χ1) is 11.0. The van der Waals surface area contributed by atoms with E-state index in [9.17, 15) is 8.42 Å². The third-order valence-corrected chi connectivity index (χ3v) is 6.21. The molecule has 0 aliphatic rings. The van der Waals surface area contributed by atoms with Gasteiger partial charge in [-0.1, -0.05) is 44.7 Å². The first kappa shape index (κ1) is 18.8. The molecule has 2 aromatic rings. The van der Waals surface area contributed by atoms with Gasteiger partial charge < -0.3 is 5.84 Å². The summed E-state index contributed by atoms with van der Waals surface area (Å²) < 4.78 is 27.1. The Balaban J connectivity index is 2.18. The number of nitrogens with zero attached hydrogens (tertiary/aromatic N) is 4. The van der Waals surface area contributed by atoms with Crippen LogP contribution >= 0.6 is 11.8 Å². The van der Waals surface area contributed by atoms with Gasteiger partial charge in [0.2, 0.25) is 15.2 Å². The number of sulfonamides is 1. The van der Waals surface area contributed by atoms with E-state index >= 15 is 0 Å². The van der Waals surface area contributed by atoms with Crippen molar-refractivity contribution in [3.63, 3.8) is 0 Å². The summed E-state index contributed by atoms with van der Waals surface area (Å²) in [7, 11) is -0.408. The molecule has 0 saturated carbocycles. The van der Waals surface area contributed by atoms with Crippen LogP contribution in [-0.2, 0) is 21.2 Å². The van der Waals surface area contributed by atoms with Crippen LogP contribution in [0, 0.1) is 0 Å². The highest BCUT2D eigenvalue weighted by atomic mass is 32.2. The summed E-state index contributed by atoms with van der Waals surface area (Å²) in [4.78, 5) is 0.273. The van der Waals surface area contributed by atoms with Crippen molar-refractivity contribution in [3.05, 3.63) is 35.7 Å². The molecule has 2 N–H and O–H groups in total. The zero-order chi connectivity index (χ0) is 18.1. The van der Waals surface area contributed by atoms with Gasteiger partial charge >= 0.3 is 0 Å². The molecule has 9 heteroatoms. The van der Waals surface area contributed by atoms with Crippen LogP contribution in [0.15, 0.2) is 34.3 Å². The van der Waals surface area contributed by atoms with Gasteiger partial charge in [-0.25, -0.2) is 17.4 Å². The zero-order valence-electron chi connectivity index (χ0n) is 14.5. The molecular formula is C15H23N5O2S2. The van der Waals surface area contributed by atoms with Gasteiger partial charge in [0, 0.05) is 25.3 Å². The first-order valence-electron chi connectivity index (χ1n) is 7.38. The summed E-state index contributed by atoms with van der Waals surface area (Å²) in [6.07, 6.45) is 0. The van der Waals surface area contributed by atoms with Gasteiger partial charge in [0.25, 0.3) is 0 Å². The van der Waals surface area contributed by atoms with Crippen LogP contribution < -0.4 is 5.84 Å². The molecule has 2 rings (SSSR count). The van der Waals surface area contributed by atoms with Gasteiger partial charge in [-0.2, -0.15) is 0 Å². The van der Waals surface area contributed by atoms with Crippen molar-refractivity contribution in [3.8, 4) is 0 Å². The lowest BCUT2D eigenvalue weighted by molar-refractivity contribution is 0.520. The average molecular weight is 370 g/mol. The maximum absolute atomic E-state index is 12.2. The van der Waals surface area contributed by atoms with Gasteiger partial charge in [-0.15, -0.1) is 10.2 Å². The number of nitrogens with two attached hydrogens (primary N) is 1. The van der Waals surface area contributed by atoms with Crippen LogP contribution in [0.1, 0.15) is 32.2 Å². The lowest BCUT2D eigenvalue weighted by Gasteiger charge is -2.16. The van der Waals surface area contributed by atoms with Crippen molar-refractivity contribution in [2.24, 2.45) is 0 Å². The minimum Gasteiger partial charge on any atom is -0.336 e. The molecule has 0 aliphatic carbocycles. The highest BCUT2D eigenvalue weighted by molar-refractivity contribution is 7.98. The molecule has 0 aliphatic heterocycles. The molecule has 0 unspecified atom stereocenters. The van der Waals surface area contributed by atoms with Crippen molar-refractivity contribution in [1.29, 1.82) is 0 Å². The lowest BCUT2D eigenvalue weighted by atomic mass is 9.96. The summed E-state index contributed by atoms with van der Waals surface area (Å²) >= 11 is 1.42.